The SMILES string of the molecule is OC1COC(Nc2ccc(Br)cc2)C(O)C1O. The van der Waals surface area contributed by atoms with Crippen molar-refractivity contribution in [2.45, 2.75) is 24.5 Å². The molecule has 17 heavy (non-hydrogen) atoms. The molecule has 4 unspecified atom stereocenters. The summed E-state index contributed by atoms with van der Waals surface area (Å²) in [6, 6.07) is 7.33. The Labute approximate surface area is 107 Å². The molecule has 6 heteroatoms. The van der Waals surface area contributed by atoms with Crippen molar-refractivity contribution >= 4 is 21.6 Å². The number of aliphatic hydroxyl groups excluding tert-OH is 3. The maximum atomic E-state index is 9.72. The van der Waals surface area contributed by atoms with Gasteiger partial charge in [0.25, 0.3) is 0 Å². The Balaban J connectivity index is 2.01. The Bertz CT molecular complexity index is 372. The maximum absolute atomic E-state index is 9.72. The van der Waals surface area contributed by atoms with Crippen LogP contribution >= 0.6 is 15.9 Å². The number of anilines is 1. The lowest BCUT2D eigenvalue weighted by atomic mass is 10.0. The zero-order valence-electron chi connectivity index (χ0n) is 8.95. The van der Waals surface area contributed by atoms with Gasteiger partial charge in [0.15, 0.2) is 6.23 Å². The summed E-state index contributed by atoms with van der Waals surface area (Å²) >= 11 is 3.32. The minimum Gasteiger partial charge on any atom is -0.388 e. The summed E-state index contributed by atoms with van der Waals surface area (Å²) in [6.45, 7) is -0.00752. The van der Waals surface area contributed by atoms with Crippen molar-refractivity contribution < 1.29 is 20.1 Å². The molecule has 0 spiro atoms. The molecule has 2 rings (SSSR count). The Hall–Kier alpha value is -0.660. The second kappa shape index (κ2) is 5.32. The molecule has 0 radical (unpaired) electrons. The standard InChI is InChI=1S/C11H14BrNO4/c12-6-1-3-7(4-2-6)13-11-10(16)9(15)8(14)5-17-11/h1-4,8-11,13-16H,5H2. The molecule has 0 aromatic heterocycles. The molecular weight excluding hydrogens is 290 g/mol. The van der Waals surface area contributed by atoms with E-state index in [0.29, 0.717) is 0 Å². The van der Waals surface area contributed by atoms with Crippen LogP contribution in [0.2, 0.25) is 0 Å². The van der Waals surface area contributed by atoms with Gasteiger partial charge in [0.1, 0.15) is 18.3 Å². The number of rotatable bonds is 2. The van der Waals surface area contributed by atoms with E-state index in [-0.39, 0.29) is 6.61 Å². The van der Waals surface area contributed by atoms with Gasteiger partial charge in [0.05, 0.1) is 6.61 Å². The summed E-state index contributed by atoms with van der Waals surface area (Å²) in [5, 5.41) is 31.5. The van der Waals surface area contributed by atoms with Gasteiger partial charge in [-0.1, -0.05) is 15.9 Å². The number of ether oxygens (including phenoxy) is 1. The van der Waals surface area contributed by atoms with Crippen LogP contribution in [0.25, 0.3) is 0 Å². The van der Waals surface area contributed by atoms with Gasteiger partial charge in [-0.3, -0.25) is 0 Å². The number of hydrogen-bond donors (Lipinski definition) is 4. The predicted octanol–water partition coefficient (Wildman–Crippen LogP) is 0.300. The zero-order chi connectivity index (χ0) is 12.4. The molecule has 0 bridgehead atoms. The highest BCUT2D eigenvalue weighted by atomic mass is 79.9. The molecule has 1 aliphatic rings. The van der Waals surface area contributed by atoms with Crippen LogP contribution in [0.3, 0.4) is 0 Å². The lowest BCUT2D eigenvalue weighted by Gasteiger charge is -2.35. The molecule has 1 aliphatic heterocycles. The van der Waals surface area contributed by atoms with Crippen molar-refractivity contribution in [3.63, 3.8) is 0 Å². The number of halogens is 1. The average Bonchev–Trinajstić information content (AvgIpc) is 2.33. The highest BCUT2D eigenvalue weighted by Crippen LogP contribution is 2.20. The van der Waals surface area contributed by atoms with Crippen molar-refractivity contribution in [3.8, 4) is 0 Å². The molecule has 0 saturated carbocycles. The smallest absolute Gasteiger partial charge is 0.156 e. The number of hydrogen-bond acceptors (Lipinski definition) is 5. The van der Waals surface area contributed by atoms with E-state index in [1.54, 1.807) is 0 Å². The Kier molecular flexibility index (Phi) is 4.01. The molecule has 94 valence electrons. The molecule has 1 saturated heterocycles. The highest BCUT2D eigenvalue weighted by Gasteiger charge is 2.37. The summed E-state index contributed by atoms with van der Waals surface area (Å²) in [5.41, 5.74) is 0.765. The first-order valence-electron chi connectivity index (χ1n) is 5.26. The van der Waals surface area contributed by atoms with E-state index in [9.17, 15) is 15.3 Å². The van der Waals surface area contributed by atoms with E-state index in [1.165, 1.54) is 0 Å². The van der Waals surface area contributed by atoms with Gasteiger partial charge in [-0.15, -0.1) is 0 Å². The number of nitrogens with one attached hydrogen (secondary N) is 1. The predicted molar refractivity (Wildman–Crippen MR) is 65.5 cm³/mol. The Morgan fingerprint density at radius 2 is 1.76 bits per heavy atom. The van der Waals surface area contributed by atoms with Crippen molar-refractivity contribution in [3.05, 3.63) is 28.7 Å². The van der Waals surface area contributed by atoms with E-state index >= 15 is 0 Å². The van der Waals surface area contributed by atoms with E-state index in [0.717, 1.165) is 10.2 Å². The van der Waals surface area contributed by atoms with E-state index < -0.39 is 24.5 Å². The molecule has 1 heterocycles. The normalized spacial score (nSPS) is 33.4. The van der Waals surface area contributed by atoms with Crippen LogP contribution in [0.5, 0.6) is 0 Å². The van der Waals surface area contributed by atoms with Crippen LogP contribution in [-0.4, -0.2) is 46.5 Å². The maximum Gasteiger partial charge on any atom is 0.156 e. The van der Waals surface area contributed by atoms with Crippen LogP contribution in [0.15, 0.2) is 28.7 Å². The van der Waals surface area contributed by atoms with E-state index in [2.05, 4.69) is 21.2 Å². The van der Waals surface area contributed by atoms with Gasteiger partial charge < -0.3 is 25.4 Å². The summed E-state index contributed by atoms with van der Waals surface area (Å²) < 4.78 is 6.17. The first-order valence-corrected chi connectivity index (χ1v) is 6.05. The Morgan fingerprint density at radius 1 is 1.12 bits per heavy atom. The van der Waals surface area contributed by atoms with Crippen molar-refractivity contribution in [1.82, 2.24) is 0 Å². The lowest BCUT2D eigenvalue weighted by Crippen LogP contribution is -2.55. The van der Waals surface area contributed by atoms with Crippen LogP contribution in [0.4, 0.5) is 5.69 Å². The minimum absolute atomic E-state index is 0.00752. The third-order valence-electron chi connectivity index (χ3n) is 2.65. The fourth-order valence-corrected chi connectivity index (χ4v) is 1.91. The number of benzene rings is 1. The van der Waals surface area contributed by atoms with E-state index in [1.807, 2.05) is 24.3 Å². The summed E-state index contributed by atoms with van der Waals surface area (Å²) in [6.07, 6.45) is -4.14. The molecule has 0 amide bonds. The van der Waals surface area contributed by atoms with Crippen LogP contribution in [0, 0.1) is 0 Å². The Morgan fingerprint density at radius 3 is 2.41 bits per heavy atom. The summed E-state index contributed by atoms with van der Waals surface area (Å²) in [7, 11) is 0. The van der Waals surface area contributed by atoms with Gasteiger partial charge in [0, 0.05) is 10.2 Å². The second-order valence-electron chi connectivity index (χ2n) is 3.95. The van der Waals surface area contributed by atoms with Crippen molar-refractivity contribution in [2.24, 2.45) is 0 Å². The van der Waals surface area contributed by atoms with E-state index in [4.69, 9.17) is 4.74 Å². The molecule has 1 aromatic rings. The summed E-state index contributed by atoms with van der Waals surface area (Å²) in [4.78, 5) is 0. The minimum atomic E-state index is -1.20. The van der Waals surface area contributed by atoms with Crippen LogP contribution in [0.1, 0.15) is 0 Å². The topological polar surface area (TPSA) is 82.0 Å². The largest absolute Gasteiger partial charge is 0.388 e. The van der Waals surface area contributed by atoms with Gasteiger partial charge >= 0.3 is 0 Å². The first kappa shape index (κ1) is 12.8. The second-order valence-corrected chi connectivity index (χ2v) is 4.87. The molecule has 4 atom stereocenters. The van der Waals surface area contributed by atoms with Crippen molar-refractivity contribution in [2.75, 3.05) is 11.9 Å². The lowest BCUT2D eigenvalue weighted by molar-refractivity contribution is -0.178. The molecule has 0 aliphatic carbocycles. The summed E-state index contributed by atoms with van der Waals surface area (Å²) in [5.74, 6) is 0. The van der Waals surface area contributed by atoms with Gasteiger partial charge in [-0.2, -0.15) is 0 Å². The number of aliphatic hydroxyl groups is 3. The van der Waals surface area contributed by atoms with Gasteiger partial charge in [-0.25, -0.2) is 0 Å². The van der Waals surface area contributed by atoms with Gasteiger partial charge in [0.2, 0.25) is 0 Å². The fourth-order valence-electron chi connectivity index (χ4n) is 1.64. The zero-order valence-corrected chi connectivity index (χ0v) is 10.5. The third kappa shape index (κ3) is 2.97. The van der Waals surface area contributed by atoms with Gasteiger partial charge in [-0.05, 0) is 24.3 Å². The molecule has 1 fully saturated rings. The molecular formula is C11H14BrNO4. The van der Waals surface area contributed by atoms with Crippen LogP contribution in [-0.2, 0) is 4.74 Å². The van der Waals surface area contributed by atoms with Crippen molar-refractivity contribution in [1.29, 1.82) is 0 Å². The molecule has 5 nitrogen and oxygen atoms in total. The monoisotopic (exact) mass is 303 g/mol. The quantitative estimate of drug-likeness (QED) is 0.632. The fraction of sp³-hybridized carbons (Fsp3) is 0.455. The third-order valence-corrected chi connectivity index (χ3v) is 3.18. The average molecular weight is 304 g/mol. The highest BCUT2D eigenvalue weighted by molar-refractivity contribution is 9.10. The first-order chi connectivity index (χ1) is 8.08. The molecule has 4 N–H and O–H groups in total. The van der Waals surface area contributed by atoms with Crippen LogP contribution < -0.4 is 5.32 Å². The molecule has 1 aromatic carbocycles.